The van der Waals surface area contributed by atoms with E-state index in [0.29, 0.717) is 31.0 Å². The second kappa shape index (κ2) is 7.18. The van der Waals surface area contributed by atoms with Gasteiger partial charge in [0, 0.05) is 19.0 Å². The maximum absolute atomic E-state index is 14.6. The zero-order chi connectivity index (χ0) is 22.0. The van der Waals surface area contributed by atoms with E-state index in [9.17, 15) is 9.18 Å². The van der Waals surface area contributed by atoms with Gasteiger partial charge >= 0.3 is 7.12 Å². The van der Waals surface area contributed by atoms with E-state index in [1.807, 2.05) is 50.8 Å². The first-order chi connectivity index (χ1) is 14.7. The first-order valence-corrected chi connectivity index (χ1v) is 11.2. The van der Waals surface area contributed by atoms with Gasteiger partial charge in [-0.2, -0.15) is 0 Å². The molecule has 1 saturated heterocycles. The summed E-state index contributed by atoms with van der Waals surface area (Å²) in [6, 6.07) is 13.5. The zero-order valence-corrected chi connectivity index (χ0v) is 18.7. The normalized spacial score (nSPS) is 26.0. The Labute approximate surface area is 183 Å². The fourth-order valence-corrected chi connectivity index (χ4v) is 4.81. The number of amides is 1. The van der Waals surface area contributed by atoms with Crippen LogP contribution in [0.25, 0.3) is 0 Å². The van der Waals surface area contributed by atoms with Crippen molar-refractivity contribution in [2.75, 3.05) is 6.54 Å². The molecule has 1 saturated carbocycles. The van der Waals surface area contributed by atoms with E-state index in [1.54, 1.807) is 6.07 Å². The fourth-order valence-electron chi connectivity index (χ4n) is 4.81. The van der Waals surface area contributed by atoms with Crippen LogP contribution in [-0.2, 0) is 27.1 Å². The predicted octanol–water partition coefficient (Wildman–Crippen LogP) is 3.81. The van der Waals surface area contributed by atoms with Crippen LogP contribution in [0.1, 0.15) is 56.7 Å². The van der Waals surface area contributed by atoms with Gasteiger partial charge in [-0.05, 0) is 74.7 Å². The highest BCUT2D eigenvalue weighted by Gasteiger charge is 2.53. The smallest absolute Gasteiger partial charge is 0.399 e. The van der Waals surface area contributed by atoms with E-state index in [4.69, 9.17) is 9.31 Å². The number of rotatable bonds is 3. The minimum absolute atomic E-state index is 0.0257. The Morgan fingerprint density at radius 2 is 1.71 bits per heavy atom. The molecule has 0 bridgehead atoms. The van der Waals surface area contributed by atoms with E-state index >= 15 is 0 Å². The van der Waals surface area contributed by atoms with Crippen LogP contribution in [0.2, 0.25) is 0 Å². The summed E-state index contributed by atoms with van der Waals surface area (Å²) in [4.78, 5) is 15.1. The van der Waals surface area contributed by atoms with E-state index < -0.39 is 18.3 Å². The average Bonchev–Trinajstić information content (AvgIpc) is 3.50. The van der Waals surface area contributed by atoms with E-state index in [-0.39, 0.29) is 17.6 Å². The summed E-state index contributed by atoms with van der Waals surface area (Å²) in [5.74, 6) is 0.280. The molecule has 2 aromatic rings. The topological polar surface area (TPSA) is 38.8 Å². The molecule has 1 aliphatic carbocycles. The molecule has 2 aliphatic heterocycles. The Bertz CT molecular complexity index is 1010. The SMILES string of the molecule is CC1(C)OB(c2ccc(F)c3c2CN(C(=O)[C@@H]2C[C@H]2c2ccccc2)CC3)OC1(C)C. The molecule has 6 heteroatoms. The number of benzene rings is 2. The lowest BCUT2D eigenvalue weighted by Crippen LogP contribution is -2.44. The number of fused-ring (bicyclic) bond motifs is 1. The Balaban J connectivity index is 1.38. The highest BCUT2D eigenvalue weighted by molar-refractivity contribution is 6.62. The lowest BCUT2D eigenvalue weighted by Gasteiger charge is -2.32. The molecular weight excluding hydrogens is 392 g/mol. The first-order valence-electron chi connectivity index (χ1n) is 11.2. The number of hydrogen-bond donors (Lipinski definition) is 0. The number of carbonyl (C=O) groups is 1. The van der Waals surface area contributed by atoms with Crippen molar-refractivity contribution in [2.45, 2.75) is 64.2 Å². The quantitative estimate of drug-likeness (QED) is 0.708. The van der Waals surface area contributed by atoms with E-state index in [2.05, 4.69) is 12.1 Å². The minimum atomic E-state index is -0.563. The van der Waals surface area contributed by atoms with Gasteiger partial charge in [-0.1, -0.05) is 36.4 Å². The van der Waals surface area contributed by atoms with Gasteiger partial charge in [-0.3, -0.25) is 4.79 Å². The standard InChI is InChI=1S/C25H29BFNO3/c1-24(2)25(3,4)31-26(30-24)21-10-11-22(27)17-12-13-28(15-20(17)21)23(29)19-14-18(19)16-8-6-5-7-9-16/h5-11,18-19H,12-15H2,1-4H3/t18-,19+/m0/s1. The van der Waals surface area contributed by atoms with Crippen molar-refractivity contribution in [1.82, 2.24) is 4.90 Å². The van der Waals surface area contributed by atoms with E-state index in [1.165, 1.54) is 11.6 Å². The maximum atomic E-state index is 14.6. The summed E-state index contributed by atoms with van der Waals surface area (Å²) in [5.41, 5.74) is 2.65. The van der Waals surface area contributed by atoms with Gasteiger partial charge in [0.25, 0.3) is 0 Å². The molecule has 2 aromatic carbocycles. The van der Waals surface area contributed by atoms with Crippen LogP contribution in [0, 0.1) is 11.7 Å². The van der Waals surface area contributed by atoms with Crippen LogP contribution in [0.5, 0.6) is 0 Å². The number of nitrogens with zero attached hydrogens (tertiary/aromatic N) is 1. The third-order valence-electron chi connectivity index (χ3n) is 7.55. The molecule has 31 heavy (non-hydrogen) atoms. The predicted molar refractivity (Wildman–Crippen MR) is 119 cm³/mol. The molecule has 0 radical (unpaired) electrons. The minimum Gasteiger partial charge on any atom is -0.399 e. The summed E-state index contributed by atoms with van der Waals surface area (Å²) in [7, 11) is -0.563. The molecule has 162 valence electrons. The number of halogens is 1. The summed E-state index contributed by atoms with van der Waals surface area (Å²) < 4.78 is 27.1. The van der Waals surface area contributed by atoms with Crippen LogP contribution < -0.4 is 5.46 Å². The van der Waals surface area contributed by atoms with Crippen molar-refractivity contribution in [2.24, 2.45) is 5.92 Å². The van der Waals surface area contributed by atoms with Gasteiger partial charge in [0.05, 0.1) is 11.2 Å². The monoisotopic (exact) mass is 421 g/mol. The van der Waals surface area contributed by atoms with Gasteiger partial charge < -0.3 is 14.2 Å². The molecule has 0 aromatic heterocycles. The molecule has 0 unspecified atom stereocenters. The third kappa shape index (κ3) is 3.50. The Morgan fingerprint density at radius 1 is 1.03 bits per heavy atom. The number of hydrogen-bond acceptors (Lipinski definition) is 3. The Kier molecular flexibility index (Phi) is 4.79. The molecule has 2 heterocycles. The van der Waals surface area contributed by atoms with Crippen molar-refractivity contribution in [3.8, 4) is 0 Å². The van der Waals surface area contributed by atoms with Crippen molar-refractivity contribution in [3.05, 3.63) is 65.0 Å². The second-order valence-electron chi connectivity index (χ2n) is 10.1. The molecule has 5 rings (SSSR count). The number of carbonyl (C=O) groups excluding carboxylic acids is 1. The van der Waals surface area contributed by atoms with E-state index in [0.717, 1.165) is 17.4 Å². The van der Waals surface area contributed by atoms with Gasteiger partial charge in [-0.25, -0.2) is 4.39 Å². The zero-order valence-electron chi connectivity index (χ0n) is 18.7. The van der Waals surface area contributed by atoms with Gasteiger partial charge in [0.15, 0.2) is 0 Å². The van der Waals surface area contributed by atoms with Crippen LogP contribution >= 0.6 is 0 Å². The van der Waals surface area contributed by atoms with Crippen LogP contribution in [-0.4, -0.2) is 35.7 Å². The molecule has 2 atom stereocenters. The summed E-state index contributed by atoms with van der Waals surface area (Å²) >= 11 is 0. The molecular formula is C25H29BFNO3. The highest BCUT2D eigenvalue weighted by Crippen LogP contribution is 2.48. The summed E-state index contributed by atoms with van der Waals surface area (Å²) in [6.07, 6.45) is 1.41. The fraction of sp³-hybridized carbons (Fsp3) is 0.480. The van der Waals surface area contributed by atoms with Gasteiger partial charge in [0.1, 0.15) is 5.82 Å². The van der Waals surface area contributed by atoms with Crippen molar-refractivity contribution >= 4 is 18.5 Å². The summed E-state index contributed by atoms with van der Waals surface area (Å²) in [5, 5.41) is 0. The first kappa shape index (κ1) is 20.7. The molecule has 3 aliphatic rings. The lowest BCUT2D eigenvalue weighted by atomic mass is 9.73. The molecule has 0 N–H and O–H groups in total. The van der Waals surface area contributed by atoms with Crippen LogP contribution in [0.4, 0.5) is 4.39 Å². The van der Waals surface area contributed by atoms with Crippen molar-refractivity contribution in [3.63, 3.8) is 0 Å². The van der Waals surface area contributed by atoms with Crippen LogP contribution in [0.3, 0.4) is 0 Å². The molecule has 2 fully saturated rings. The molecule has 1 amide bonds. The van der Waals surface area contributed by atoms with Crippen molar-refractivity contribution in [1.29, 1.82) is 0 Å². The average molecular weight is 421 g/mol. The highest BCUT2D eigenvalue weighted by atomic mass is 19.1. The Morgan fingerprint density at radius 3 is 2.39 bits per heavy atom. The van der Waals surface area contributed by atoms with Gasteiger partial charge in [-0.15, -0.1) is 0 Å². The molecule has 4 nitrogen and oxygen atoms in total. The van der Waals surface area contributed by atoms with Gasteiger partial charge in [0.2, 0.25) is 5.91 Å². The third-order valence-corrected chi connectivity index (χ3v) is 7.55. The molecule has 0 spiro atoms. The lowest BCUT2D eigenvalue weighted by molar-refractivity contribution is -0.133. The summed E-state index contributed by atoms with van der Waals surface area (Å²) in [6.45, 7) is 8.99. The largest absolute Gasteiger partial charge is 0.495 e. The Hall–Kier alpha value is -2.18. The second-order valence-corrected chi connectivity index (χ2v) is 10.1. The van der Waals surface area contributed by atoms with Crippen molar-refractivity contribution < 1.29 is 18.5 Å². The van der Waals surface area contributed by atoms with Crippen LogP contribution in [0.15, 0.2) is 42.5 Å². The maximum Gasteiger partial charge on any atom is 0.495 e.